The Bertz CT molecular complexity index is 412. The summed E-state index contributed by atoms with van der Waals surface area (Å²) in [5.41, 5.74) is 1.25. The average molecular weight is 329 g/mol. The van der Waals surface area contributed by atoms with E-state index in [4.69, 9.17) is 9.47 Å². The lowest BCUT2D eigenvalue weighted by molar-refractivity contribution is -0.0292. The van der Waals surface area contributed by atoms with Crippen molar-refractivity contribution in [2.45, 2.75) is 12.6 Å². The highest BCUT2D eigenvalue weighted by molar-refractivity contribution is 9.10. The first kappa shape index (κ1) is 14.8. The summed E-state index contributed by atoms with van der Waals surface area (Å²) in [5, 5.41) is 3.17. The number of ether oxygens (including phenoxy) is 2. The molecule has 1 heterocycles. The van der Waals surface area contributed by atoms with E-state index in [-0.39, 0.29) is 6.10 Å². The fourth-order valence-electron chi connectivity index (χ4n) is 2.32. The summed E-state index contributed by atoms with van der Waals surface area (Å²) >= 11 is 3.61. The molecule has 106 valence electrons. The Labute approximate surface area is 123 Å². The lowest BCUT2D eigenvalue weighted by Crippen LogP contribution is -2.45. The molecule has 0 bridgehead atoms. The van der Waals surface area contributed by atoms with Crippen molar-refractivity contribution >= 4 is 15.9 Å². The standard InChI is InChI=1S/C14H21BrN2O2/c1-16-8-13-10-17(5-6-19-13)9-11-7-12(18-2)3-4-14(11)15/h3-4,7,13,16H,5-6,8-10H2,1-2H3. The van der Waals surface area contributed by atoms with Crippen molar-refractivity contribution in [3.63, 3.8) is 0 Å². The van der Waals surface area contributed by atoms with E-state index in [9.17, 15) is 0 Å². The summed E-state index contributed by atoms with van der Waals surface area (Å²) in [7, 11) is 3.66. The molecule has 5 heteroatoms. The van der Waals surface area contributed by atoms with Crippen LogP contribution in [0, 0.1) is 0 Å². The Balaban J connectivity index is 2.00. The van der Waals surface area contributed by atoms with E-state index in [1.807, 2.05) is 19.2 Å². The van der Waals surface area contributed by atoms with Gasteiger partial charge in [-0.2, -0.15) is 0 Å². The third-order valence-corrected chi connectivity index (χ3v) is 4.08. The second-order valence-electron chi connectivity index (χ2n) is 4.74. The quantitative estimate of drug-likeness (QED) is 0.894. The van der Waals surface area contributed by atoms with E-state index >= 15 is 0 Å². The summed E-state index contributed by atoms with van der Waals surface area (Å²) in [6, 6.07) is 6.10. The molecule has 0 aromatic heterocycles. The van der Waals surface area contributed by atoms with Crippen LogP contribution in [-0.2, 0) is 11.3 Å². The van der Waals surface area contributed by atoms with Gasteiger partial charge in [-0.1, -0.05) is 15.9 Å². The number of nitrogens with one attached hydrogen (secondary N) is 1. The minimum Gasteiger partial charge on any atom is -0.497 e. The van der Waals surface area contributed by atoms with Crippen LogP contribution in [-0.4, -0.2) is 51.4 Å². The molecule has 1 fully saturated rings. The molecule has 1 N–H and O–H groups in total. The maximum absolute atomic E-state index is 5.72. The van der Waals surface area contributed by atoms with Gasteiger partial charge in [-0.3, -0.25) is 4.90 Å². The topological polar surface area (TPSA) is 33.7 Å². The molecule has 1 aromatic carbocycles. The number of hydrogen-bond donors (Lipinski definition) is 1. The van der Waals surface area contributed by atoms with Crippen LogP contribution in [0.4, 0.5) is 0 Å². The van der Waals surface area contributed by atoms with Crippen molar-refractivity contribution < 1.29 is 9.47 Å². The molecule has 1 saturated heterocycles. The molecular formula is C14H21BrN2O2. The van der Waals surface area contributed by atoms with Crippen LogP contribution in [0.3, 0.4) is 0 Å². The monoisotopic (exact) mass is 328 g/mol. The SMILES string of the molecule is CNCC1CN(Cc2cc(OC)ccc2Br)CCO1. The van der Waals surface area contributed by atoms with Gasteiger partial charge in [0.15, 0.2) is 0 Å². The van der Waals surface area contributed by atoms with Gasteiger partial charge in [-0.05, 0) is 30.8 Å². The lowest BCUT2D eigenvalue weighted by Gasteiger charge is -2.33. The number of morpholine rings is 1. The van der Waals surface area contributed by atoms with Gasteiger partial charge >= 0.3 is 0 Å². The Morgan fingerprint density at radius 2 is 2.37 bits per heavy atom. The van der Waals surface area contributed by atoms with Gasteiger partial charge in [0.25, 0.3) is 0 Å². The summed E-state index contributed by atoms with van der Waals surface area (Å²) in [4.78, 5) is 2.42. The van der Waals surface area contributed by atoms with Crippen LogP contribution in [0.5, 0.6) is 5.75 Å². The van der Waals surface area contributed by atoms with Crippen molar-refractivity contribution in [2.75, 3.05) is 40.4 Å². The summed E-state index contributed by atoms with van der Waals surface area (Å²) < 4.78 is 12.1. The molecule has 1 atom stereocenters. The highest BCUT2D eigenvalue weighted by Gasteiger charge is 2.20. The number of hydrogen-bond acceptors (Lipinski definition) is 4. The first-order valence-electron chi connectivity index (χ1n) is 6.54. The first-order valence-corrected chi connectivity index (χ1v) is 7.33. The van der Waals surface area contributed by atoms with E-state index in [0.717, 1.165) is 43.0 Å². The van der Waals surface area contributed by atoms with Crippen molar-refractivity contribution in [3.8, 4) is 5.75 Å². The molecular weight excluding hydrogens is 308 g/mol. The van der Waals surface area contributed by atoms with Gasteiger partial charge in [-0.25, -0.2) is 0 Å². The number of likely N-dealkylation sites (N-methyl/N-ethyl adjacent to an activating group) is 1. The summed E-state index contributed by atoms with van der Waals surface area (Å²) in [6.45, 7) is 4.55. The maximum Gasteiger partial charge on any atom is 0.119 e. The van der Waals surface area contributed by atoms with Gasteiger partial charge in [0.2, 0.25) is 0 Å². The largest absolute Gasteiger partial charge is 0.497 e. The van der Waals surface area contributed by atoms with Gasteiger partial charge in [-0.15, -0.1) is 0 Å². The molecule has 1 aromatic rings. The summed E-state index contributed by atoms with van der Waals surface area (Å²) in [6.07, 6.45) is 0.281. The zero-order chi connectivity index (χ0) is 13.7. The smallest absolute Gasteiger partial charge is 0.119 e. The van der Waals surface area contributed by atoms with Gasteiger partial charge in [0.05, 0.1) is 19.8 Å². The molecule has 0 spiro atoms. The molecule has 0 amide bonds. The van der Waals surface area contributed by atoms with E-state index < -0.39 is 0 Å². The first-order chi connectivity index (χ1) is 9.22. The molecule has 4 nitrogen and oxygen atoms in total. The molecule has 1 aliphatic heterocycles. The normalized spacial score (nSPS) is 20.5. The number of methoxy groups -OCH3 is 1. The molecule has 2 rings (SSSR count). The second-order valence-corrected chi connectivity index (χ2v) is 5.60. The fourth-order valence-corrected chi connectivity index (χ4v) is 2.69. The zero-order valence-electron chi connectivity index (χ0n) is 11.5. The fraction of sp³-hybridized carbons (Fsp3) is 0.571. The highest BCUT2D eigenvalue weighted by Crippen LogP contribution is 2.24. The van der Waals surface area contributed by atoms with Crippen molar-refractivity contribution in [1.82, 2.24) is 10.2 Å². The van der Waals surface area contributed by atoms with E-state index in [1.54, 1.807) is 7.11 Å². The number of halogens is 1. The van der Waals surface area contributed by atoms with Gasteiger partial charge < -0.3 is 14.8 Å². The number of benzene rings is 1. The van der Waals surface area contributed by atoms with E-state index in [2.05, 4.69) is 32.2 Å². The minimum absolute atomic E-state index is 0.281. The van der Waals surface area contributed by atoms with Gasteiger partial charge in [0.1, 0.15) is 5.75 Å². The Morgan fingerprint density at radius 1 is 1.53 bits per heavy atom. The molecule has 1 unspecified atom stereocenters. The van der Waals surface area contributed by atoms with Crippen LogP contribution in [0.2, 0.25) is 0 Å². The Morgan fingerprint density at radius 3 is 3.11 bits per heavy atom. The highest BCUT2D eigenvalue weighted by atomic mass is 79.9. The lowest BCUT2D eigenvalue weighted by atomic mass is 10.1. The maximum atomic E-state index is 5.72. The van der Waals surface area contributed by atoms with Crippen molar-refractivity contribution in [1.29, 1.82) is 0 Å². The average Bonchev–Trinajstić information content (AvgIpc) is 2.42. The van der Waals surface area contributed by atoms with Crippen LogP contribution >= 0.6 is 15.9 Å². The van der Waals surface area contributed by atoms with Crippen molar-refractivity contribution in [2.24, 2.45) is 0 Å². The number of nitrogens with zero attached hydrogens (tertiary/aromatic N) is 1. The zero-order valence-corrected chi connectivity index (χ0v) is 13.1. The summed E-state index contributed by atoms with van der Waals surface area (Å²) in [5.74, 6) is 0.901. The van der Waals surface area contributed by atoms with Crippen molar-refractivity contribution in [3.05, 3.63) is 28.2 Å². The van der Waals surface area contributed by atoms with Crippen LogP contribution < -0.4 is 10.1 Å². The van der Waals surface area contributed by atoms with E-state index in [1.165, 1.54) is 5.56 Å². The molecule has 0 aliphatic carbocycles. The third-order valence-electron chi connectivity index (χ3n) is 3.30. The minimum atomic E-state index is 0.281. The van der Waals surface area contributed by atoms with E-state index in [0.29, 0.717) is 0 Å². The van der Waals surface area contributed by atoms with Gasteiger partial charge in [0, 0.05) is 30.7 Å². The predicted octanol–water partition coefficient (Wildman–Crippen LogP) is 1.88. The molecule has 19 heavy (non-hydrogen) atoms. The Kier molecular flexibility index (Phi) is 5.63. The third kappa shape index (κ3) is 4.18. The second kappa shape index (κ2) is 7.24. The molecule has 0 radical (unpaired) electrons. The van der Waals surface area contributed by atoms with Crippen LogP contribution in [0.25, 0.3) is 0 Å². The van der Waals surface area contributed by atoms with Crippen LogP contribution in [0.15, 0.2) is 22.7 Å². The molecule has 0 saturated carbocycles. The number of rotatable bonds is 5. The predicted molar refractivity (Wildman–Crippen MR) is 79.6 cm³/mol. The molecule has 1 aliphatic rings. The van der Waals surface area contributed by atoms with Crippen LogP contribution in [0.1, 0.15) is 5.56 Å². The Hall–Kier alpha value is -0.620.